The Morgan fingerprint density at radius 3 is 1.71 bits per heavy atom. The van der Waals surface area contributed by atoms with Crippen molar-refractivity contribution in [3.63, 3.8) is 0 Å². The summed E-state index contributed by atoms with van der Waals surface area (Å²) in [6.45, 7) is 0. The maximum Gasteiger partial charge on any atom is 0.164 e. The van der Waals surface area contributed by atoms with Crippen LogP contribution in [0.2, 0.25) is 0 Å². The standard InChI is InChI=1S/C53H33N5/c1-3-16-35(17-4-1)51-54-52(37-30-29-34-15-7-8-18-36(34)33-37)56-53(55-51)43-25-14-28-47-50(43)42-24-13-23-41-46(31-32-48(49(41)42)57(47)38-19-5-2-6-20-38)58-44-26-11-9-21-39(44)40-22-10-12-27-45(40)58/h1-33H. The summed E-state index contributed by atoms with van der Waals surface area (Å²) in [5.41, 5.74) is 11.8. The van der Waals surface area contributed by atoms with Crippen LogP contribution in [0.25, 0.3) is 94.3 Å². The van der Waals surface area contributed by atoms with Crippen molar-refractivity contribution >= 4 is 60.4 Å². The Morgan fingerprint density at radius 2 is 0.931 bits per heavy atom. The summed E-state index contributed by atoms with van der Waals surface area (Å²) in [5, 5.41) is 7.14. The molecular weight excluding hydrogens is 707 g/mol. The minimum atomic E-state index is 0.626. The Kier molecular flexibility index (Phi) is 7.16. The van der Waals surface area contributed by atoms with E-state index in [-0.39, 0.29) is 0 Å². The van der Waals surface area contributed by atoms with E-state index in [2.05, 4.69) is 191 Å². The van der Waals surface area contributed by atoms with Crippen molar-refractivity contribution in [1.29, 1.82) is 0 Å². The number of fused-ring (bicyclic) bond motifs is 6. The van der Waals surface area contributed by atoms with Crippen LogP contribution in [-0.4, -0.2) is 19.5 Å². The first-order valence-electron chi connectivity index (χ1n) is 19.6. The largest absolute Gasteiger partial charge is 0.309 e. The van der Waals surface area contributed by atoms with Gasteiger partial charge in [-0.3, -0.25) is 0 Å². The summed E-state index contributed by atoms with van der Waals surface area (Å²) in [5.74, 6) is 1.89. The summed E-state index contributed by atoms with van der Waals surface area (Å²) in [7, 11) is 0. The zero-order chi connectivity index (χ0) is 38.2. The van der Waals surface area contributed by atoms with E-state index in [1.807, 2.05) is 18.2 Å². The number of hydrogen-bond donors (Lipinski definition) is 0. The highest BCUT2D eigenvalue weighted by molar-refractivity contribution is 6.19. The molecule has 0 aliphatic carbocycles. The van der Waals surface area contributed by atoms with Crippen LogP contribution in [0.5, 0.6) is 0 Å². The van der Waals surface area contributed by atoms with Crippen LogP contribution in [-0.2, 0) is 0 Å². The smallest absolute Gasteiger partial charge is 0.164 e. The molecule has 0 amide bonds. The number of para-hydroxylation sites is 3. The van der Waals surface area contributed by atoms with Crippen molar-refractivity contribution in [3.05, 3.63) is 200 Å². The minimum absolute atomic E-state index is 0.626. The minimum Gasteiger partial charge on any atom is -0.309 e. The van der Waals surface area contributed by atoms with Gasteiger partial charge in [0.2, 0.25) is 0 Å². The molecule has 0 spiro atoms. The van der Waals surface area contributed by atoms with Crippen molar-refractivity contribution in [1.82, 2.24) is 19.5 Å². The summed E-state index contributed by atoms with van der Waals surface area (Å²) in [6, 6.07) is 71.0. The molecule has 5 nitrogen and oxygen atoms in total. The average molecular weight is 740 g/mol. The second-order valence-corrected chi connectivity index (χ2v) is 14.8. The van der Waals surface area contributed by atoms with Crippen LogP contribution in [0, 0.1) is 0 Å². The van der Waals surface area contributed by atoms with Gasteiger partial charge in [-0.25, -0.2) is 15.0 Å². The van der Waals surface area contributed by atoms with E-state index in [4.69, 9.17) is 15.0 Å². The zero-order valence-corrected chi connectivity index (χ0v) is 31.3. The lowest BCUT2D eigenvalue weighted by atomic mass is 9.87. The van der Waals surface area contributed by atoms with E-state index in [0.29, 0.717) is 17.5 Å². The van der Waals surface area contributed by atoms with Gasteiger partial charge in [0.15, 0.2) is 17.5 Å². The first kappa shape index (κ1) is 32.4. The maximum absolute atomic E-state index is 5.31. The van der Waals surface area contributed by atoms with E-state index >= 15 is 0 Å². The van der Waals surface area contributed by atoms with Crippen LogP contribution in [0.3, 0.4) is 0 Å². The molecule has 0 saturated carbocycles. The Bertz CT molecular complexity index is 3350. The predicted octanol–water partition coefficient (Wildman–Crippen LogP) is 13.7. The highest BCUT2D eigenvalue weighted by atomic mass is 15.2. The van der Waals surface area contributed by atoms with E-state index in [1.54, 1.807) is 0 Å². The molecule has 0 radical (unpaired) electrons. The summed E-state index contributed by atoms with van der Waals surface area (Å²) < 4.78 is 2.43. The molecule has 0 bridgehead atoms. The van der Waals surface area contributed by atoms with Crippen LogP contribution < -0.4 is 4.90 Å². The van der Waals surface area contributed by atoms with Gasteiger partial charge < -0.3 is 9.47 Å². The summed E-state index contributed by atoms with van der Waals surface area (Å²) >= 11 is 0. The SMILES string of the molecule is c1ccc(-c2nc(-c3ccc4ccccc4c3)nc(-c3cccc4c3-c3cccc5c(-n6c7ccccc7c7ccccc76)ccc(c35)N4c3ccccc3)n2)cc1. The number of rotatable bonds is 5. The van der Waals surface area contributed by atoms with E-state index in [9.17, 15) is 0 Å². The normalized spacial score (nSPS) is 12.1. The van der Waals surface area contributed by atoms with Crippen LogP contribution in [0.1, 0.15) is 0 Å². The third kappa shape index (κ3) is 4.93. The van der Waals surface area contributed by atoms with Crippen LogP contribution >= 0.6 is 0 Å². The van der Waals surface area contributed by atoms with Crippen LogP contribution in [0.15, 0.2) is 200 Å². The van der Waals surface area contributed by atoms with Crippen molar-refractivity contribution in [2.45, 2.75) is 0 Å². The Hall–Kier alpha value is -7.89. The molecule has 58 heavy (non-hydrogen) atoms. The number of aromatic nitrogens is 4. The molecule has 0 fully saturated rings. The third-order valence-corrected chi connectivity index (χ3v) is 11.5. The quantitative estimate of drug-likeness (QED) is 0.176. The second kappa shape index (κ2) is 12.8. The van der Waals surface area contributed by atoms with E-state index in [1.165, 1.54) is 38.0 Å². The van der Waals surface area contributed by atoms with Crippen molar-refractivity contribution in [2.75, 3.05) is 4.90 Å². The van der Waals surface area contributed by atoms with Gasteiger partial charge in [-0.15, -0.1) is 0 Å². The number of nitrogens with zero attached hydrogens (tertiary/aromatic N) is 5. The first-order valence-corrected chi connectivity index (χ1v) is 19.6. The van der Waals surface area contributed by atoms with Crippen LogP contribution in [0.4, 0.5) is 17.1 Å². The lowest BCUT2D eigenvalue weighted by Gasteiger charge is -2.35. The molecule has 5 heteroatoms. The van der Waals surface area contributed by atoms with Gasteiger partial charge in [0.1, 0.15) is 0 Å². The predicted molar refractivity (Wildman–Crippen MR) is 239 cm³/mol. The van der Waals surface area contributed by atoms with Gasteiger partial charge in [-0.2, -0.15) is 0 Å². The molecule has 2 aromatic heterocycles. The van der Waals surface area contributed by atoms with Crippen molar-refractivity contribution in [3.8, 4) is 51.0 Å². The summed E-state index contributed by atoms with van der Waals surface area (Å²) in [6.07, 6.45) is 0. The first-order chi connectivity index (χ1) is 28.8. The topological polar surface area (TPSA) is 46.8 Å². The molecule has 0 N–H and O–H groups in total. The monoisotopic (exact) mass is 739 g/mol. The molecule has 0 unspecified atom stereocenters. The molecule has 270 valence electrons. The highest BCUT2D eigenvalue weighted by Gasteiger charge is 2.30. The molecule has 0 atom stereocenters. The Labute approximate surface area is 334 Å². The molecular formula is C53H33N5. The fraction of sp³-hybridized carbons (Fsp3) is 0. The van der Waals surface area contributed by atoms with Crippen molar-refractivity contribution < 1.29 is 0 Å². The molecule has 9 aromatic carbocycles. The van der Waals surface area contributed by atoms with Gasteiger partial charge >= 0.3 is 0 Å². The molecule has 0 saturated heterocycles. The van der Waals surface area contributed by atoms with Gasteiger partial charge in [0, 0.05) is 49.5 Å². The number of anilines is 3. The second-order valence-electron chi connectivity index (χ2n) is 14.8. The fourth-order valence-electron chi connectivity index (χ4n) is 9.00. The maximum atomic E-state index is 5.31. The van der Waals surface area contributed by atoms with E-state index < -0.39 is 0 Å². The fourth-order valence-corrected chi connectivity index (χ4v) is 9.00. The summed E-state index contributed by atoms with van der Waals surface area (Å²) in [4.78, 5) is 18.1. The van der Waals surface area contributed by atoms with Gasteiger partial charge in [0.25, 0.3) is 0 Å². The third-order valence-electron chi connectivity index (χ3n) is 11.5. The number of hydrogen-bond acceptors (Lipinski definition) is 4. The lowest BCUT2D eigenvalue weighted by Crippen LogP contribution is -2.16. The number of benzene rings is 9. The van der Waals surface area contributed by atoms with Gasteiger partial charge in [-0.1, -0.05) is 152 Å². The molecule has 12 rings (SSSR count). The lowest BCUT2D eigenvalue weighted by molar-refractivity contribution is 1.07. The van der Waals surface area contributed by atoms with E-state index in [0.717, 1.165) is 56.0 Å². The van der Waals surface area contributed by atoms with Crippen molar-refractivity contribution in [2.24, 2.45) is 0 Å². The molecule has 11 aromatic rings. The Balaban J connectivity index is 1.15. The molecule has 1 aliphatic rings. The van der Waals surface area contributed by atoms with Gasteiger partial charge in [-0.05, 0) is 64.9 Å². The highest BCUT2D eigenvalue weighted by Crippen LogP contribution is 2.54. The van der Waals surface area contributed by atoms with Gasteiger partial charge in [0.05, 0.1) is 28.1 Å². The average Bonchev–Trinajstić information content (AvgIpc) is 3.63. The molecule has 1 aliphatic heterocycles. The Morgan fingerprint density at radius 1 is 0.345 bits per heavy atom. The zero-order valence-electron chi connectivity index (χ0n) is 31.3. The molecule has 3 heterocycles.